The summed E-state index contributed by atoms with van der Waals surface area (Å²) < 4.78 is 0. The molecule has 0 aliphatic heterocycles. The number of carbonyl (C=O) groups excluding carboxylic acids is 1. The van der Waals surface area contributed by atoms with Crippen LogP contribution in [-0.4, -0.2) is 6.29 Å². The van der Waals surface area contributed by atoms with Gasteiger partial charge in [0.15, 0.2) is 0 Å². The second-order valence-electron chi connectivity index (χ2n) is 2.69. The summed E-state index contributed by atoms with van der Waals surface area (Å²) in [5.41, 5.74) is 0. The molecule has 0 fully saturated rings. The molecule has 1 aliphatic rings. The van der Waals surface area contributed by atoms with Crippen molar-refractivity contribution in [3.8, 4) is 0 Å². The van der Waals surface area contributed by atoms with Gasteiger partial charge < -0.3 is 4.79 Å². The first kappa shape index (κ1) is 6.53. The zero-order valence-electron chi connectivity index (χ0n) is 5.71. The molecule has 0 heterocycles. The third kappa shape index (κ3) is 1.41. The SMILES string of the molecule is CC1C=CCC1CC=O. The van der Waals surface area contributed by atoms with E-state index in [1.54, 1.807) is 0 Å². The second kappa shape index (κ2) is 2.81. The summed E-state index contributed by atoms with van der Waals surface area (Å²) in [5, 5.41) is 0. The van der Waals surface area contributed by atoms with Crippen molar-refractivity contribution in [2.45, 2.75) is 19.8 Å². The highest BCUT2D eigenvalue weighted by atomic mass is 16.1. The molecule has 50 valence electrons. The van der Waals surface area contributed by atoms with Crippen LogP contribution in [0.3, 0.4) is 0 Å². The lowest BCUT2D eigenvalue weighted by Gasteiger charge is -2.09. The molecule has 1 rings (SSSR count). The molecule has 1 aliphatic carbocycles. The van der Waals surface area contributed by atoms with Crippen LogP contribution in [-0.2, 0) is 4.79 Å². The van der Waals surface area contributed by atoms with Crippen LogP contribution in [0.15, 0.2) is 12.2 Å². The zero-order valence-corrected chi connectivity index (χ0v) is 5.71. The van der Waals surface area contributed by atoms with Crippen molar-refractivity contribution in [1.82, 2.24) is 0 Å². The van der Waals surface area contributed by atoms with E-state index in [4.69, 9.17) is 0 Å². The quantitative estimate of drug-likeness (QED) is 0.405. The van der Waals surface area contributed by atoms with Crippen molar-refractivity contribution >= 4 is 6.29 Å². The second-order valence-corrected chi connectivity index (χ2v) is 2.69. The van der Waals surface area contributed by atoms with Gasteiger partial charge in [0, 0.05) is 6.42 Å². The summed E-state index contributed by atoms with van der Waals surface area (Å²) in [6.45, 7) is 2.16. The van der Waals surface area contributed by atoms with Crippen LogP contribution in [0.25, 0.3) is 0 Å². The number of carbonyl (C=O) groups is 1. The van der Waals surface area contributed by atoms with Gasteiger partial charge in [0.05, 0.1) is 0 Å². The van der Waals surface area contributed by atoms with Crippen molar-refractivity contribution in [2.75, 3.05) is 0 Å². The van der Waals surface area contributed by atoms with E-state index < -0.39 is 0 Å². The van der Waals surface area contributed by atoms with Crippen LogP contribution >= 0.6 is 0 Å². The summed E-state index contributed by atoms with van der Waals surface area (Å²) in [7, 11) is 0. The molecular formula is C8H12O. The highest BCUT2D eigenvalue weighted by Gasteiger charge is 2.16. The van der Waals surface area contributed by atoms with Crippen LogP contribution in [0.4, 0.5) is 0 Å². The van der Waals surface area contributed by atoms with Crippen LogP contribution < -0.4 is 0 Å². The summed E-state index contributed by atoms with van der Waals surface area (Å²) >= 11 is 0. The molecule has 0 aromatic rings. The van der Waals surface area contributed by atoms with Crippen molar-refractivity contribution in [1.29, 1.82) is 0 Å². The number of aldehydes is 1. The first-order valence-electron chi connectivity index (χ1n) is 3.45. The Labute approximate surface area is 55.8 Å². The molecule has 0 aromatic carbocycles. The molecule has 1 nitrogen and oxygen atoms in total. The molecule has 0 saturated carbocycles. The topological polar surface area (TPSA) is 17.1 Å². The lowest BCUT2D eigenvalue weighted by molar-refractivity contribution is -0.108. The Hall–Kier alpha value is -0.590. The normalized spacial score (nSPS) is 33.0. The minimum absolute atomic E-state index is 0.600. The van der Waals surface area contributed by atoms with Gasteiger partial charge in [-0.25, -0.2) is 0 Å². The number of hydrogen-bond acceptors (Lipinski definition) is 1. The van der Waals surface area contributed by atoms with Crippen molar-refractivity contribution in [2.24, 2.45) is 11.8 Å². The van der Waals surface area contributed by atoms with Gasteiger partial charge in [-0.1, -0.05) is 19.1 Å². The third-order valence-corrected chi connectivity index (χ3v) is 2.02. The van der Waals surface area contributed by atoms with Gasteiger partial charge in [0.2, 0.25) is 0 Å². The van der Waals surface area contributed by atoms with E-state index in [2.05, 4.69) is 19.1 Å². The van der Waals surface area contributed by atoms with Gasteiger partial charge in [0.1, 0.15) is 6.29 Å². The Kier molecular flexibility index (Phi) is 2.04. The standard InChI is InChI=1S/C8H12O/c1-7-3-2-4-8(7)5-6-9/h2-3,6-8H,4-5H2,1H3. The predicted octanol–water partition coefficient (Wildman–Crippen LogP) is 1.79. The maximum atomic E-state index is 10.1. The molecule has 9 heavy (non-hydrogen) atoms. The van der Waals surface area contributed by atoms with Crippen LogP contribution in [0.2, 0.25) is 0 Å². The summed E-state index contributed by atoms with van der Waals surface area (Å²) in [6, 6.07) is 0. The minimum Gasteiger partial charge on any atom is -0.303 e. The number of rotatable bonds is 2. The largest absolute Gasteiger partial charge is 0.303 e. The fraction of sp³-hybridized carbons (Fsp3) is 0.625. The maximum Gasteiger partial charge on any atom is 0.120 e. The van der Waals surface area contributed by atoms with Gasteiger partial charge in [-0.05, 0) is 18.3 Å². The number of hydrogen-bond donors (Lipinski definition) is 0. The predicted molar refractivity (Wildman–Crippen MR) is 37.1 cm³/mol. The monoisotopic (exact) mass is 124 g/mol. The van der Waals surface area contributed by atoms with Crippen molar-refractivity contribution < 1.29 is 4.79 Å². The summed E-state index contributed by atoms with van der Waals surface area (Å²) in [5.74, 6) is 1.22. The average Bonchev–Trinajstić information content (AvgIpc) is 2.18. The molecular weight excluding hydrogens is 112 g/mol. The van der Waals surface area contributed by atoms with E-state index in [-0.39, 0.29) is 0 Å². The fourth-order valence-electron chi connectivity index (χ4n) is 1.27. The molecule has 0 bridgehead atoms. The molecule has 0 radical (unpaired) electrons. The lowest BCUT2D eigenvalue weighted by Crippen LogP contribution is -2.03. The molecule has 2 unspecified atom stereocenters. The Bertz CT molecular complexity index is 127. The molecule has 0 saturated heterocycles. The van der Waals surface area contributed by atoms with E-state index >= 15 is 0 Å². The highest BCUT2D eigenvalue weighted by Crippen LogP contribution is 2.26. The van der Waals surface area contributed by atoms with Crippen molar-refractivity contribution in [3.63, 3.8) is 0 Å². The Morgan fingerprint density at radius 3 is 3.00 bits per heavy atom. The van der Waals surface area contributed by atoms with E-state index in [9.17, 15) is 4.79 Å². The van der Waals surface area contributed by atoms with E-state index in [1.807, 2.05) is 0 Å². The molecule has 0 N–H and O–H groups in total. The highest BCUT2D eigenvalue weighted by molar-refractivity contribution is 5.50. The Morgan fingerprint density at radius 2 is 2.56 bits per heavy atom. The molecule has 1 heteroatoms. The molecule has 2 atom stereocenters. The maximum absolute atomic E-state index is 10.1. The first-order valence-corrected chi connectivity index (χ1v) is 3.45. The smallest absolute Gasteiger partial charge is 0.120 e. The lowest BCUT2D eigenvalue weighted by atomic mass is 9.95. The van der Waals surface area contributed by atoms with Gasteiger partial charge in [0.25, 0.3) is 0 Å². The van der Waals surface area contributed by atoms with Gasteiger partial charge in [-0.3, -0.25) is 0 Å². The Morgan fingerprint density at radius 1 is 1.78 bits per heavy atom. The van der Waals surface area contributed by atoms with Crippen LogP contribution in [0.5, 0.6) is 0 Å². The summed E-state index contributed by atoms with van der Waals surface area (Å²) in [4.78, 5) is 10.1. The third-order valence-electron chi connectivity index (χ3n) is 2.02. The summed E-state index contributed by atoms with van der Waals surface area (Å²) in [6.07, 6.45) is 7.20. The first-order chi connectivity index (χ1) is 4.34. The van der Waals surface area contributed by atoms with E-state index in [1.165, 1.54) is 0 Å². The van der Waals surface area contributed by atoms with Crippen LogP contribution in [0.1, 0.15) is 19.8 Å². The van der Waals surface area contributed by atoms with E-state index in [0.29, 0.717) is 11.8 Å². The molecule has 0 amide bonds. The molecule has 0 spiro atoms. The average molecular weight is 124 g/mol. The zero-order chi connectivity index (χ0) is 6.69. The molecule has 0 aromatic heterocycles. The van der Waals surface area contributed by atoms with Gasteiger partial charge in [-0.15, -0.1) is 0 Å². The van der Waals surface area contributed by atoms with Crippen molar-refractivity contribution in [3.05, 3.63) is 12.2 Å². The fourth-order valence-corrected chi connectivity index (χ4v) is 1.27. The minimum atomic E-state index is 0.600. The Balaban J connectivity index is 2.36. The van der Waals surface area contributed by atoms with Gasteiger partial charge in [-0.2, -0.15) is 0 Å². The number of allylic oxidation sites excluding steroid dienone is 2. The van der Waals surface area contributed by atoms with E-state index in [0.717, 1.165) is 19.1 Å². The van der Waals surface area contributed by atoms with Gasteiger partial charge >= 0.3 is 0 Å². The van der Waals surface area contributed by atoms with Crippen LogP contribution in [0, 0.1) is 11.8 Å².